The minimum Gasteiger partial charge on any atom is -0.493 e. The van der Waals surface area contributed by atoms with Crippen molar-refractivity contribution < 1.29 is 14.3 Å². The largest absolute Gasteiger partial charge is 0.493 e. The highest BCUT2D eigenvalue weighted by Crippen LogP contribution is 2.38. The van der Waals surface area contributed by atoms with E-state index >= 15 is 0 Å². The van der Waals surface area contributed by atoms with E-state index in [1.54, 1.807) is 0 Å². The summed E-state index contributed by atoms with van der Waals surface area (Å²) in [6.07, 6.45) is 4.67. The van der Waals surface area contributed by atoms with E-state index < -0.39 is 5.60 Å². The molecule has 4 heteroatoms. The minimum absolute atomic E-state index is 0.0153. The van der Waals surface area contributed by atoms with E-state index in [0.29, 0.717) is 25.0 Å². The summed E-state index contributed by atoms with van der Waals surface area (Å²) in [4.78, 5) is 13.4. The van der Waals surface area contributed by atoms with E-state index in [4.69, 9.17) is 9.47 Å². The molecule has 1 aliphatic carbocycles. The van der Waals surface area contributed by atoms with Crippen molar-refractivity contribution in [3.05, 3.63) is 36.4 Å². The maximum Gasteiger partial charge on any atom is 0.256 e. The number of benzene rings is 2. The molecule has 0 saturated heterocycles. The van der Waals surface area contributed by atoms with E-state index in [-0.39, 0.29) is 5.91 Å². The standard InChI is InChI=1S/C25H35NO3/c1-5-15-29-25(14-8-9-19(4)16-25)24(27)26-22-12-13-23(28-17-18(2)3)21-11-7-6-10-20(21)22/h6-7,10-13,18-19H,5,8-9,14-17H2,1-4H3,(H,26,27)/t19-,25-/m0/s1. The number of ether oxygens (including phenoxy) is 2. The van der Waals surface area contributed by atoms with Crippen LogP contribution in [0.2, 0.25) is 0 Å². The number of amides is 1. The SMILES string of the molecule is CCCO[C@@]1(C(=O)Nc2ccc(OCC(C)C)c3ccccc23)CCC[C@H](C)C1. The van der Waals surface area contributed by atoms with Gasteiger partial charge in [-0.3, -0.25) is 4.79 Å². The number of rotatable bonds is 8. The summed E-state index contributed by atoms with van der Waals surface area (Å²) in [7, 11) is 0. The van der Waals surface area contributed by atoms with Gasteiger partial charge in [0.05, 0.1) is 6.61 Å². The molecule has 0 heterocycles. The topological polar surface area (TPSA) is 47.6 Å². The average Bonchev–Trinajstić information content (AvgIpc) is 2.71. The predicted octanol–water partition coefficient (Wildman–Crippen LogP) is 6.19. The van der Waals surface area contributed by atoms with Crippen molar-refractivity contribution in [3.63, 3.8) is 0 Å². The predicted molar refractivity (Wildman–Crippen MR) is 120 cm³/mol. The van der Waals surface area contributed by atoms with E-state index in [1.807, 2.05) is 36.4 Å². The third kappa shape index (κ3) is 5.11. The first-order valence-corrected chi connectivity index (χ1v) is 11.0. The second-order valence-corrected chi connectivity index (χ2v) is 8.86. The minimum atomic E-state index is -0.721. The summed E-state index contributed by atoms with van der Waals surface area (Å²) in [5.41, 5.74) is 0.0990. The van der Waals surface area contributed by atoms with Crippen LogP contribution in [-0.2, 0) is 9.53 Å². The molecule has 158 valence electrons. The fourth-order valence-electron chi connectivity index (χ4n) is 4.20. The molecule has 4 nitrogen and oxygen atoms in total. The van der Waals surface area contributed by atoms with Crippen LogP contribution in [0.1, 0.15) is 59.8 Å². The van der Waals surface area contributed by atoms with Gasteiger partial charge in [-0.1, -0.05) is 58.4 Å². The molecule has 2 aromatic carbocycles. The highest BCUT2D eigenvalue weighted by molar-refractivity contribution is 6.06. The van der Waals surface area contributed by atoms with Crippen LogP contribution in [0.5, 0.6) is 5.75 Å². The van der Waals surface area contributed by atoms with Gasteiger partial charge >= 0.3 is 0 Å². The van der Waals surface area contributed by atoms with Crippen LogP contribution in [0.15, 0.2) is 36.4 Å². The molecule has 0 spiro atoms. The fraction of sp³-hybridized carbons (Fsp3) is 0.560. The number of carbonyl (C=O) groups excluding carboxylic acids is 1. The van der Waals surface area contributed by atoms with Crippen molar-refractivity contribution >= 4 is 22.4 Å². The summed E-state index contributed by atoms with van der Waals surface area (Å²) >= 11 is 0. The second-order valence-electron chi connectivity index (χ2n) is 8.86. The number of carbonyl (C=O) groups is 1. The van der Waals surface area contributed by atoms with Crippen LogP contribution in [-0.4, -0.2) is 24.7 Å². The maximum absolute atomic E-state index is 13.4. The first-order chi connectivity index (χ1) is 13.9. The summed E-state index contributed by atoms with van der Waals surface area (Å²) < 4.78 is 12.2. The normalized spacial score (nSPS) is 22.0. The van der Waals surface area contributed by atoms with Gasteiger partial charge in [-0.15, -0.1) is 0 Å². The third-order valence-electron chi connectivity index (χ3n) is 5.66. The summed E-state index contributed by atoms with van der Waals surface area (Å²) in [5, 5.41) is 5.21. The van der Waals surface area contributed by atoms with Crippen LogP contribution in [0, 0.1) is 11.8 Å². The summed E-state index contributed by atoms with van der Waals surface area (Å²) in [6.45, 7) is 9.85. The van der Waals surface area contributed by atoms with Crippen LogP contribution in [0.3, 0.4) is 0 Å². The van der Waals surface area contributed by atoms with Crippen LogP contribution < -0.4 is 10.1 Å². The van der Waals surface area contributed by atoms with Crippen LogP contribution >= 0.6 is 0 Å². The molecular weight excluding hydrogens is 362 g/mol. The quantitative estimate of drug-likeness (QED) is 0.578. The lowest BCUT2D eigenvalue weighted by Gasteiger charge is -2.38. The molecule has 1 saturated carbocycles. The molecular formula is C25H35NO3. The van der Waals surface area contributed by atoms with Gasteiger partial charge in [0.2, 0.25) is 0 Å². The molecule has 0 unspecified atom stereocenters. The number of anilines is 1. The van der Waals surface area contributed by atoms with Crippen molar-refractivity contribution in [1.82, 2.24) is 0 Å². The Morgan fingerprint density at radius 1 is 1.21 bits per heavy atom. The molecule has 1 N–H and O–H groups in total. The van der Waals surface area contributed by atoms with E-state index in [2.05, 4.69) is 33.0 Å². The lowest BCUT2D eigenvalue weighted by molar-refractivity contribution is -0.148. The van der Waals surface area contributed by atoms with Gasteiger partial charge in [-0.2, -0.15) is 0 Å². The highest BCUT2D eigenvalue weighted by atomic mass is 16.5. The Hall–Kier alpha value is -2.07. The van der Waals surface area contributed by atoms with Gasteiger partial charge in [0.25, 0.3) is 5.91 Å². The zero-order valence-electron chi connectivity index (χ0n) is 18.3. The van der Waals surface area contributed by atoms with Gasteiger partial charge in [-0.05, 0) is 49.7 Å². The highest BCUT2D eigenvalue weighted by Gasteiger charge is 2.42. The van der Waals surface area contributed by atoms with Crippen molar-refractivity contribution in [2.24, 2.45) is 11.8 Å². The zero-order chi connectivity index (χ0) is 20.9. The Morgan fingerprint density at radius 2 is 1.97 bits per heavy atom. The third-order valence-corrected chi connectivity index (χ3v) is 5.66. The molecule has 2 atom stereocenters. The van der Waals surface area contributed by atoms with Gasteiger partial charge in [-0.25, -0.2) is 0 Å². The van der Waals surface area contributed by atoms with Gasteiger partial charge < -0.3 is 14.8 Å². The van der Waals surface area contributed by atoms with E-state index in [1.165, 1.54) is 0 Å². The van der Waals surface area contributed by atoms with E-state index in [9.17, 15) is 4.79 Å². The van der Waals surface area contributed by atoms with E-state index in [0.717, 1.165) is 54.3 Å². The molecule has 3 rings (SSSR count). The van der Waals surface area contributed by atoms with Crippen LogP contribution in [0.25, 0.3) is 10.8 Å². The molecule has 1 fully saturated rings. The Bertz CT molecular complexity index is 832. The first-order valence-electron chi connectivity index (χ1n) is 11.0. The maximum atomic E-state index is 13.4. The van der Waals surface area contributed by atoms with Crippen molar-refractivity contribution in [1.29, 1.82) is 0 Å². The molecule has 1 amide bonds. The Labute approximate surface area is 175 Å². The number of nitrogens with one attached hydrogen (secondary N) is 1. The Balaban J connectivity index is 1.88. The van der Waals surface area contributed by atoms with Gasteiger partial charge in [0, 0.05) is 23.1 Å². The van der Waals surface area contributed by atoms with Gasteiger partial charge in [0.15, 0.2) is 0 Å². The number of hydrogen-bond donors (Lipinski definition) is 1. The smallest absolute Gasteiger partial charge is 0.256 e. The molecule has 0 bridgehead atoms. The second kappa shape index (κ2) is 9.62. The lowest BCUT2D eigenvalue weighted by Crippen LogP contribution is -2.48. The summed E-state index contributed by atoms with van der Waals surface area (Å²) in [6, 6.07) is 12.0. The fourth-order valence-corrected chi connectivity index (χ4v) is 4.20. The molecule has 29 heavy (non-hydrogen) atoms. The van der Waals surface area contributed by atoms with Crippen LogP contribution in [0.4, 0.5) is 5.69 Å². The molecule has 0 aromatic heterocycles. The molecule has 0 aliphatic heterocycles. The van der Waals surface area contributed by atoms with Crippen molar-refractivity contribution in [2.75, 3.05) is 18.5 Å². The van der Waals surface area contributed by atoms with Gasteiger partial charge in [0.1, 0.15) is 11.4 Å². The number of fused-ring (bicyclic) bond motifs is 1. The molecule has 2 aromatic rings. The summed E-state index contributed by atoms with van der Waals surface area (Å²) in [5.74, 6) is 1.79. The van der Waals surface area contributed by atoms with Crippen molar-refractivity contribution in [2.45, 2.75) is 65.4 Å². The zero-order valence-corrected chi connectivity index (χ0v) is 18.3. The monoisotopic (exact) mass is 397 g/mol. The lowest BCUT2D eigenvalue weighted by atomic mass is 9.78. The average molecular weight is 398 g/mol. The Morgan fingerprint density at radius 3 is 2.66 bits per heavy atom. The first kappa shape index (κ1) is 21.6. The van der Waals surface area contributed by atoms with Crippen molar-refractivity contribution in [3.8, 4) is 5.75 Å². The molecule has 1 aliphatic rings. The Kier molecular flexibility index (Phi) is 7.18. The molecule has 0 radical (unpaired) electrons. The number of hydrogen-bond acceptors (Lipinski definition) is 3.